The lowest BCUT2D eigenvalue weighted by Gasteiger charge is -2.18. The predicted octanol–water partition coefficient (Wildman–Crippen LogP) is 2.27. The summed E-state index contributed by atoms with van der Waals surface area (Å²) in [5.74, 6) is 0.0708. The molecule has 0 radical (unpaired) electrons. The van der Waals surface area contributed by atoms with E-state index >= 15 is 0 Å². The Morgan fingerprint density at radius 2 is 1.95 bits per heavy atom. The quantitative estimate of drug-likeness (QED) is 0.734. The highest BCUT2D eigenvalue weighted by atomic mass is 16.1. The molecule has 0 aliphatic heterocycles. The molecule has 0 saturated carbocycles. The van der Waals surface area contributed by atoms with E-state index < -0.39 is 0 Å². The van der Waals surface area contributed by atoms with Crippen molar-refractivity contribution in [3.05, 3.63) is 35.4 Å². The number of rotatable bonds is 9. The Morgan fingerprint density at radius 3 is 2.57 bits per heavy atom. The van der Waals surface area contributed by atoms with E-state index in [-0.39, 0.29) is 11.9 Å². The zero-order valence-corrected chi connectivity index (χ0v) is 13.6. The molecule has 1 unspecified atom stereocenters. The van der Waals surface area contributed by atoms with Crippen molar-refractivity contribution in [2.45, 2.75) is 52.7 Å². The molecule has 4 heteroatoms. The average molecular weight is 291 g/mol. The van der Waals surface area contributed by atoms with E-state index in [0.29, 0.717) is 13.0 Å². The summed E-state index contributed by atoms with van der Waals surface area (Å²) in [6.45, 7) is 9.91. The van der Waals surface area contributed by atoms with Crippen LogP contribution in [0.4, 0.5) is 0 Å². The van der Waals surface area contributed by atoms with Gasteiger partial charge >= 0.3 is 0 Å². The van der Waals surface area contributed by atoms with Crippen LogP contribution in [0.2, 0.25) is 0 Å². The molecule has 0 aliphatic carbocycles. The van der Waals surface area contributed by atoms with Gasteiger partial charge in [-0.25, -0.2) is 0 Å². The van der Waals surface area contributed by atoms with E-state index in [2.05, 4.69) is 48.3 Å². The highest BCUT2D eigenvalue weighted by Gasteiger charge is 2.05. The van der Waals surface area contributed by atoms with Gasteiger partial charge in [-0.2, -0.15) is 0 Å². The first-order valence-corrected chi connectivity index (χ1v) is 7.87. The van der Waals surface area contributed by atoms with Gasteiger partial charge in [0.05, 0.1) is 0 Å². The van der Waals surface area contributed by atoms with Gasteiger partial charge in [-0.1, -0.05) is 38.1 Å². The molecule has 1 amide bonds. The van der Waals surface area contributed by atoms with Crippen molar-refractivity contribution in [3.8, 4) is 0 Å². The number of hydrogen-bond donors (Lipinski definition) is 2. The largest absolute Gasteiger partial charge is 0.352 e. The third-order valence-corrected chi connectivity index (χ3v) is 3.61. The van der Waals surface area contributed by atoms with Crippen LogP contribution in [0.1, 0.15) is 44.7 Å². The van der Waals surface area contributed by atoms with Crippen LogP contribution in [0.25, 0.3) is 0 Å². The van der Waals surface area contributed by atoms with Gasteiger partial charge in [-0.3, -0.25) is 9.69 Å². The number of carbonyl (C=O) groups excluding carboxylic acids is 1. The minimum absolute atomic E-state index is 0.0708. The maximum Gasteiger partial charge on any atom is 0.220 e. The third kappa shape index (κ3) is 7.25. The Balaban J connectivity index is 2.47. The first-order chi connectivity index (χ1) is 10.0. The molecule has 1 aromatic carbocycles. The van der Waals surface area contributed by atoms with Crippen LogP contribution >= 0.6 is 0 Å². The molecule has 1 atom stereocenters. The smallest absolute Gasteiger partial charge is 0.220 e. The van der Waals surface area contributed by atoms with Crippen LogP contribution in [-0.2, 0) is 17.9 Å². The Bertz CT molecular complexity index is 428. The molecule has 3 N–H and O–H groups in total. The number of nitrogens with two attached hydrogens (primary N) is 1. The second kappa shape index (κ2) is 9.53. The molecule has 0 bridgehead atoms. The summed E-state index contributed by atoms with van der Waals surface area (Å²) in [5.41, 5.74) is 8.10. The standard InChI is InChI=1S/C17H29N3O/c1-4-20(5-2)13-16-8-6-7-15(11-16)12-19-17(21)10-9-14(3)18/h6-8,11,14H,4-5,9-10,12-13,18H2,1-3H3,(H,19,21). The van der Waals surface area contributed by atoms with E-state index in [1.165, 1.54) is 5.56 Å². The fraction of sp³-hybridized carbons (Fsp3) is 0.588. The summed E-state index contributed by atoms with van der Waals surface area (Å²) in [7, 11) is 0. The number of benzene rings is 1. The minimum Gasteiger partial charge on any atom is -0.352 e. The Kier molecular flexibility index (Phi) is 8.01. The van der Waals surface area contributed by atoms with Crippen LogP contribution in [0.5, 0.6) is 0 Å². The van der Waals surface area contributed by atoms with Crippen LogP contribution in [0.3, 0.4) is 0 Å². The molecule has 21 heavy (non-hydrogen) atoms. The SMILES string of the molecule is CCN(CC)Cc1cccc(CNC(=O)CCC(C)N)c1. The molecule has 0 heterocycles. The Labute approximate surface area is 128 Å². The third-order valence-electron chi connectivity index (χ3n) is 3.61. The van der Waals surface area contributed by atoms with Crippen LogP contribution in [-0.4, -0.2) is 29.9 Å². The molecule has 1 aromatic rings. The molecule has 0 aliphatic rings. The van der Waals surface area contributed by atoms with Gasteiger partial charge in [0.2, 0.25) is 5.91 Å². The van der Waals surface area contributed by atoms with E-state index in [1.807, 2.05) is 6.92 Å². The fourth-order valence-electron chi connectivity index (χ4n) is 2.19. The van der Waals surface area contributed by atoms with Crippen molar-refractivity contribution >= 4 is 5.91 Å². The van der Waals surface area contributed by atoms with Gasteiger partial charge in [0.1, 0.15) is 0 Å². The summed E-state index contributed by atoms with van der Waals surface area (Å²) >= 11 is 0. The Hall–Kier alpha value is -1.39. The summed E-state index contributed by atoms with van der Waals surface area (Å²) in [6.07, 6.45) is 1.23. The molecular formula is C17H29N3O. The molecule has 0 saturated heterocycles. The van der Waals surface area contributed by atoms with E-state index in [1.54, 1.807) is 0 Å². The topological polar surface area (TPSA) is 58.4 Å². The lowest BCUT2D eigenvalue weighted by Crippen LogP contribution is -2.25. The fourth-order valence-corrected chi connectivity index (χ4v) is 2.19. The monoisotopic (exact) mass is 291 g/mol. The lowest BCUT2D eigenvalue weighted by molar-refractivity contribution is -0.121. The average Bonchev–Trinajstić information content (AvgIpc) is 2.49. The van der Waals surface area contributed by atoms with Gasteiger partial charge in [0.25, 0.3) is 0 Å². The van der Waals surface area contributed by atoms with Crippen molar-refractivity contribution < 1.29 is 4.79 Å². The minimum atomic E-state index is 0.0708. The summed E-state index contributed by atoms with van der Waals surface area (Å²) < 4.78 is 0. The van der Waals surface area contributed by atoms with Crippen molar-refractivity contribution in [3.63, 3.8) is 0 Å². The normalized spacial score (nSPS) is 12.4. The summed E-state index contributed by atoms with van der Waals surface area (Å²) in [4.78, 5) is 14.1. The lowest BCUT2D eigenvalue weighted by atomic mass is 10.1. The zero-order valence-electron chi connectivity index (χ0n) is 13.6. The van der Waals surface area contributed by atoms with Crippen molar-refractivity contribution in [2.24, 2.45) is 5.73 Å². The van der Waals surface area contributed by atoms with Gasteiger partial charge in [0, 0.05) is 25.6 Å². The number of nitrogens with one attached hydrogen (secondary N) is 1. The maximum absolute atomic E-state index is 11.7. The highest BCUT2D eigenvalue weighted by molar-refractivity contribution is 5.75. The summed E-state index contributed by atoms with van der Waals surface area (Å²) in [6, 6.07) is 8.50. The van der Waals surface area contributed by atoms with E-state index in [4.69, 9.17) is 5.73 Å². The first-order valence-electron chi connectivity index (χ1n) is 7.87. The van der Waals surface area contributed by atoms with Crippen molar-refractivity contribution in [1.29, 1.82) is 0 Å². The predicted molar refractivity (Wildman–Crippen MR) is 87.8 cm³/mol. The molecule has 0 spiro atoms. The number of hydrogen-bond acceptors (Lipinski definition) is 3. The van der Waals surface area contributed by atoms with E-state index in [9.17, 15) is 4.79 Å². The Morgan fingerprint density at radius 1 is 1.29 bits per heavy atom. The molecule has 1 rings (SSSR count). The van der Waals surface area contributed by atoms with Gasteiger partial charge in [0.15, 0.2) is 0 Å². The van der Waals surface area contributed by atoms with Crippen LogP contribution in [0, 0.1) is 0 Å². The molecule has 0 fully saturated rings. The number of amides is 1. The zero-order chi connectivity index (χ0) is 15.7. The van der Waals surface area contributed by atoms with E-state index in [0.717, 1.165) is 31.6 Å². The van der Waals surface area contributed by atoms with Crippen LogP contribution in [0.15, 0.2) is 24.3 Å². The van der Waals surface area contributed by atoms with Gasteiger partial charge < -0.3 is 11.1 Å². The first kappa shape index (κ1) is 17.7. The molecular weight excluding hydrogens is 262 g/mol. The molecule has 4 nitrogen and oxygen atoms in total. The number of carbonyl (C=O) groups is 1. The molecule has 118 valence electrons. The highest BCUT2D eigenvalue weighted by Crippen LogP contribution is 2.08. The maximum atomic E-state index is 11.7. The molecule has 0 aromatic heterocycles. The van der Waals surface area contributed by atoms with Crippen LogP contribution < -0.4 is 11.1 Å². The second-order valence-electron chi connectivity index (χ2n) is 5.57. The van der Waals surface area contributed by atoms with Crippen molar-refractivity contribution in [1.82, 2.24) is 10.2 Å². The summed E-state index contributed by atoms with van der Waals surface area (Å²) in [5, 5.41) is 2.95. The van der Waals surface area contributed by atoms with Crippen molar-refractivity contribution in [2.75, 3.05) is 13.1 Å². The number of nitrogens with zero attached hydrogens (tertiary/aromatic N) is 1. The second-order valence-corrected chi connectivity index (χ2v) is 5.57. The van der Waals surface area contributed by atoms with Gasteiger partial charge in [-0.15, -0.1) is 0 Å². The van der Waals surface area contributed by atoms with Gasteiger partial charge in [-0.05, 0) is 37.6 Å².